The molecule has 1 aliphatic heterocycles. The fourth-order valence-electron chi connectivity index (χ4n) is 3.05. The zero-order valence-corrected chi connectivity index (χ0v) is 11.6. The molecule has 0 bridgehead atoms. The van der Waals surface area contributed by atoms with Crippen molar-refractivity contribution in [2.75, 3.05) is 26.7 Å². The van der Waals surface area contributed by atoms with Crippen LogP contribution < -0.4 is 5.32 Å². The summed E-state index contributed by atoms with van der Waals surface area (Å²) in [5.41, 5.74) is 0.229. The Hall–Kier alpha value is -1.00. The number of likely N-dealkylation sites (tertiary alicyclic amines) is 1. The number of nitrogens with one attached hydrogen (secondary N) is 1. The minimum atomic E-state index is -0.430. The van der Waals surface area contributed by atoms with Gasteiger partial charge in [-0.15, -0.1) is 0 Å². The number of benzene rings is 1. The van der Waals surface area contributed by atoms with Gasteiger partial charge in [0.15, 0.2) is 0 Å². The third-order valence-corrected chi connectivity index (χ3v) is 3.96. The van der Waals surface area contributed by atoms with E-state index in [-0.39, 0.29) is 17.5 Å². The van der Waals surface area contributed by atoms with Gasteiger partial charge in [-0.05, 0) is 57.6 Å². The van der Waals surface area contributed by atoms with Crippen molar-refractivity contribution >= 4 is 0 Å². The maximum atomic E-state index is 14.0. The van der Waals surface area contributed by atoms with Crippen LogP contribution in [0.2, 0.25) is 0 Å². The summed E-state index contributed by atoms with van der Waals surface area (Å²) in [6.07, 6.45) is 2.09. The van der Waals surface area contributed by atoms with Crippen molar-refractivity contribution in [2.24, 2.45) is 5.92 Å². The maximum Gasteiger partial charge on any atom is 0.130 e. The van der Waals surface area contributed by atoms with E-state index in [4.69, 9.17) is 0 Å². The predicted molar refractivity (Wildman–Crippen MR) is 73.0 cm³/mol. The smallest absolute Gasteiger partial charge is 0.130 e. The zero-order chi connectivity index (χ0) is 13.8. The highest BCUT2D eigenvalue weighted by Crippen LogP contribution is 2.37. The Kier molecular flexibility index (Phi) is 4.88. The number of rotatable bonds is 4. The average Bonchev–Trinajstić information content (AvgIpc) is 2.38. The molecule has 1 heterocycles. The van der Waals surface area contributed by atoms with Crippen molar-refractivity contribution in [1.29, 1.82) is 0 Å². The summed E-state index contributed by atoms with van der Waals surface area (Å²) in [5.74, 6) is -0.606. The molecule has 1 fully saturated rings. The van der Waals surface area contributed by atoms with Crippen LogP contribution in [0.4, 0.5) is 8.78 Å². The van der Waals surface area contributed by atoms with Crippen LogP contribution in [-0.4, -0.2) is 31.6 Å². The topological polar surface area (TPSA) is 15.3 Å². The lowest BCUT2D eigenvalue weighted by molar-refractivity contribution is 0.113. The summed E-state index contributed by atoms with van der Waals surface area (Å²) in [7, 11) is 1.95. The molecule has 19 heavy (non-hydrogen) atoms. The zero-order valence-electron chi connectivity index (χ0n) is 11.6. The van der Waals surface area contributed by atoms with Crippen LogP contribution in [-0.2, 0) is 0 Å². The number of piperidine rings is 1. The van der Waals surface area contributed by atoms with Gasteiger partial charge in [-0.3, -0.25) is 4.90 Å². The molecule has 0 spiro atoms. The molecule has 1 aromatic rings. The minimum absolute atomic E-state index is 0.172. The first kappa shape index (κ1) is 14.4. The van der Waals surface area contributed by atoms with Gasteiger partial charge in [-0.25, -0.2) is 8.78 Å². The Morgan fingerprint density at radius 3 is 2.63 bits per heavy atom. The molecule has 1 aromatic carbocycles. The lowest BCUT2D eigenvalue weighted by Gasteiger charge is -2.40. The fraction of sp³-hybridized carbons (Fsp3) is 0.600. The molecule has 2 unspecified atom stereocenters. The second-order valence-electron chi connectivity index (χ2n) is 5.27. The predicted octanol–water partition coefficient (Wildman–Crippen LogP) is 2.96. The van der Waals surface area contributed by atoms with Crippen molar-refractivity contribution in [3.8, 4) is 0 Å². The van der Waals surface area contributed by atoms with Crippen LogP contribution in [0.15, 0.2) is 18.2 Å². The molecule has 0 amide bonds. The molecule has 0 radical (unpaired) electrons. The summed E-state index contributed by atoms with van der Waals surface area (Å²) in [4.78, 5) is 2.08. The van der Waals surface area contributed by atoms with E-state index in [0.29, 0.717) is 0 Å². The molecule has 0 aliphatic carbocycles. The highest BCUT2D eigenvalue weighted by molar-refractivity contribution is 5.24. The van der Waals surface area contributed by atoms with Crippen LogP contribution in [0.5, 0.6) is 0 Å². The van der Waals surface area contributed by atoms with Crippen molar-refractivity contribution in [2.45, 2.75) is 25.8 Å². The minimum Gasteiger partial charge on any atom is -0.317 e. The van der Waals surface area contributed by atoms with E-state index in [1.165, 1.54) is 18.2 Å². The van der Waals surface area contributed by atoms with E-state index in [1.807, 2.05) is 14.0 Å². The SMILES string of the molecule is CCNCC1CCCN(C)C1c1c(F)cccc1F. The van der Waals surface area contributed by atoms with Crippen LogP contribution in [0, 0.1) is 17.6 Å². The van der Waals surface area contributed by atoms with E-state index in [9.17, 15) is 8.78 Å². The quantitative estimate of drug-likeness (QED) is 0.903. The summed E-state index contributed by atoms with van der Waals surface area (Å²) in [6, 6.07) is 3.96. The summed E-state index contributed by atoms with van der Waals surface area (Å²) in [5, 5.41) is 3.31. The molecule has 0 saturated carbocycles. The van der Waals surface area contributed by atoms with Gasteiger partial charge in [0.05, 0.1) is 0 Å². The highest BCUT2D eigenvalue weighted by atomic mass is 19.1. The van der Waals surface area contributed by atoms with Crippen molar-refractivity contribution in [3.63, 3.8) is 0 Å². The second kappa shape index (κ2) is 6.44. The number of nitrogens with zero attached hydrogens (tertiary/aromatic N) is 1. The largest absolute Gasteiger partial charge is 0.317 e. The Labute approximate surface area is 113 Å². The Bertz CT molecular complexity index is 402. The van der Waals surface area contributed by atoms with E-state index >= 15 is 0 Å². The molecule has 4 heteroatoms. The third-order valence-electron chi connectivity index (χ3n) is 3.96. The average molecular weight is 268 g/mol. The van der Waals surface area contributed by atoms with E-state index in [1.54, 1.807) is 0 Å². The molecule has 1 saturated heterocycles. The maximum absolute atomic E-state index is 14.0. The molecule has 1 N–H and O–H groups in total. The van der Waals surface area contributed by atoms with Crippen LogP contribution in [0.1, 0.15) is 31.4 Å². The monoisotopic (exact) mass is 268 g/mol. The molecular weight excluding hydrogens is 246 g/mol. The van der Waals surface area contributed by atoms with Gasteiger partial charge >= 0.3 is 0 Å². The molecule has 1 aliphatic rings. The molecular formula is C15H22F2N2. The van der Waals surface area contributed by atoms with Gasteiger partial charge in [0.25, 0.3) is 0 Å². The lowest BCUT2D eigenvalue weighted by Crippen LogP contribution is -2.41. The van der Waals surface area contributed by atoms with E-state index < -0.39 is 11.6 Å². The van der Waals surface area contributed by atoms with E-state index in [0.717, 1.165) is 32.5 Å². The van der Waals surface area contributed by atoms with Gasteiger partial charge in [-0.2, -0.15) is 0 Å². The molecule has 0 aromatic heterocycles. The van der Waals surface area contributed by atoms with Crippen molar-refractivity contribution in [3.05, 3.63) is 35.4 Å². The van der Waals surface area contributed by atoms with Crippen LogP contribution >= 0.6 is 0 Å². The fourth-order valence-corrected chi connectivity index (χ4v) is 3.05. The number of hydrogen-bond donors (Lipinski definition) is 1. The first-order valence-electron chi connectivity index (χ1n) is 7.00. The molecule has 106 valence electrons. The standard InChI is InChI=1S/C15H22F2N2/c1-3-18-10-11-6-5-9-19(2)15(11)14-12(16)7-4-8-13(14)17/h4,7-8,11,15,18H,3,5-6,9-10H2,1-2H3. The van der Waals surface area contributed by atoms with Gasteiger partial charge in [0, 0.05) is 11.6 Å². The van der Waals surface area contributed by atoms with Crippen LogP contribution in [0.3, 0.4) is 0 Å². The molecule has 2 rings (SSSR count). The first-order valence-corrected chi connectivity index (χ1v) is 7.00. The van der Waals surface area contributed by atoms with Crippen molar-refractivity contribution < 1.29 is 8.78 Å². The van der Waals surface area contributed by atoms with Gasteiger partial charge in [0.2, 0.25) is 0 Å². The Morgan fingerprint density at radius 2 is 2.00 bits per heavy atom. The van der Waals surface area contributed by atoms with E-state index in [2.05, 4.69) is 10.2 Å². The molecule has 2 nitrogen and oxygen atoms in total. The summed E-state index contributed by atoms with van der Waals surface area (Å²) < 4.78 is 28.0. The number of hydrogen-bond acceptors (Lipinski definition) is 2. The summed E-state index contributed by atoms with van der Waals surface area (Å²) in [6.45, 7) is 4.62. The van der Waals surface area contributed by atoms with Gasteiger partial charge < -0.3 is 5.32 Å². The normalized spacial score (nSPS) is 24.6. The lowest BCUT2D eigenvalue weighted by atomic mass is 9.84. The van der Waals surface area contributed by atoms with Crippen molar-refractivity contribution in [1.82, 2.24) is 10.2 Å². The summed E-state index contributed by atoms with van der Waals surface area (Å²) >= 11 is 0. The van der Waals surface area contributed by atoms with Crippen LogP contribution in [0.25, 0.3) is 0 Å². The Balaban J connectivity index is 2.30. The highest BCUT2D eigenvalue weighted by Gasteiger charge is 2.33. The van der Waals surface area contributed by atoms with Gasteiger partial charge in [0.1, 0.15) is 11.6 Å². The second-order valence-corrected chi connectivity index (χ2v) is 5.27. The first-order chi connectivity index (χ1) is 9.15. The Morgan fingerprint density at radius 1 is 1.32 bits per heavy atom. The third kappa shape index (κ3) is 3.12. The number of halogens is 2. The molecule has 2 atom stereocenters. The van der Waals surface area contributed by atoms with Gasteiger partial charge in [-0.1, -0.05) is 13.0 Å².